The number of anilines is 1. The Kier molecular flexibility index (Phi) is 6.33. The molecule has 3 rings (SSSR count). The summed E-state index contributed by atoms with van der Waals surface area (Å²) in [6.07, 6.45) is 2.28. The molecule has 0 unspecified atom stereocenters. The van der Waals surface area contributed by atoms with Gasteiger partial charge in [-0.15, -0.1) is 11.3 Å². The molecule has 2 aromatic carbocycles. The number of carbonyl (C=O) groups is 2. The van der Waals surface area contributed by atoms with Gasteiger partial charge in [-0.2, -0.15) is 0 Å². The van der Waals surface area contributed by atoms with Gasteiger partial charge in [0.15, 0.2) is 11.7 Å². The molecule has 0 atom stereocenters. The van der Waals surface area contributed by atoms with Gasteiger partial charge in [0.25, 0.3) is 5.91 Å². The number of hydrogen-bond donors (Lipinski definition) is 1. The van der Waals surface area contributed by atoms with Gasteiger partial charge in [0.1, 0.15) is 11.6 Å². The smallest absolute Gasteiger partial charge is 0.343 e. The fourth-order valence-corrected chi connectivity index (χ4v) is 3.19. The topological polar surface area (TPSA) is 77.5 Å². The number of benzene rings is 2. The van der Waals surface area contributed by atoms with Crippen molar-refractivity contribution >= 4 is 28.3 Å². The van der Waals surface area contributed by atoms with Crippen LogP contribution in [0.2, 0.25) is 0 Å². The van der Waals surface area contributed by atoms with E-state index in [1.807, 2.05) is 0 Å². The van der Waals surface area contributed by atoms with Gasteiger partial charge in [0.2, 0.25) is 0 Å². The number of thiazole rings is 1. The van der Waals surface area contributed by atoms with Crippen LogP contribution in [-0.4, -0.2) is 30.6 Å². The lowest BCUT2D eigenvalue weighted by atomic mass is 10.1. The minimum absolute atomic E-state index is 0.235. The Labute approximate surface area is 164 Å². The molecule has 0 aliphatic rings. The summed E-state index contributed by atoms with van der Waals surface area (Å²) < 4.78 is 22.8. The van der Waals surface area contributed by atoms with E-state index in [0.717, 1.165) is 10.4 Å². The normalized spacial score (nSPS) is 10.4. The summed E-state index contributed by atoms with van der Waals surface area (Å²) in [4.78, 5) is 28.7. The molecule has 3 aromatic rings. The molecule has 1 N–H and O–H groups in total. The zero-order valence-corrected chi connectivity index (χ0v) is 15.8. The second kappa shape index (κ2) is 9.09. The predicted octanol–water partition coefficient (Wildman–Crippen LogP) is 3.68. The second-order valence-electron chi connectivity index (χ2n) is 5.78. The second-order valence-corrected chi connectivity index (χ2v) is 6.90. The zero-order chi connectivity index (χ0) is 19.9. The van der Waals surface area contributed by atoms with Crippen molar-refractivity contribution in [3.63, 3.8) is 0 Å². The molecule has 1 aromatic heterocycles. The average Bonchev–Trinajstić information content (AvgIpc) is 3.14. The van der Waals surface area contributed by atoms with Gasteiger partial charge in [-0.05, 0) is 35.9 Å². The third kappa shape index (κ3) is 5.37. The number of esters is 1. The van der Waals surface area contributed by atoms with E-state index < -0.39 is 5.97 Å². The Morgan fingerprint density at radius 2 is 1.96 bits per heavy atom. The predicted molar refractivity (Wildman–Crippen MR) is 103 cm³/mol. The first kappa shape index (κ1) is 19.5. The Morgan fingerprint density at radius 1 is 1.18 bits per heavy atom. The molecule has 0 aliphatic heterocycles. The number of hydrogen-bond acceptors (Lipinski definition) is 6. The van der Waals surface area contributed by atoms with Gasteiger partial charge in [-0.25, -0.2) is 14.2 Å². The third-order valence-electron chi connectivity index (χ3n) is 3.75. The summed E-state index contributed by atoms with van der Waals surface area (Å²) in [5.74, 6) is -0.745. The fourth-order valence-electron chi connectivity index (χ4n) is 2.35. The first-order valence-corrected chi connectivity index (χ1v) is 9.15. The molecule has 0 fully saturated rings. The quantitative estimate of drug-likeness (QED) is 0.612. The van der Waals surface area contributed by atoms with Crippen LogP contribution in [0.3, 0.4) is 0 Å². The number of rotatable bonds is 7. The molecule has 144 valence electrons. The van der Waals surface area contributed by atoms with Crippen molar-refractivity contribution in [2.24, 2.45) is 0 Å². The summed E-state index contributed by atoms with van der Waals surface area (Å²) >= 11 is 1.35. The molecule has 1 amide bonds. The standard InChI is InChI=1S/C20H17FN2O4S/c1-26-18(24)12-27-16-4-2-3-14(10-16)19(25)23-20-22-11-17(28-20)9-13-5-7-15(21)8-6-13/h2-8,10-11H,9,12H2,1H3,(H,22,23,25). The van der Waals surface area contributed by atoms with E-state index in [-0.39, 0.29) is 18.3 Å². The molecule has 1 heterocycles. The van der Waals surface area contributed by atoms with Crippen molar-refractivity contribution in [1.82, 2.24) is 4.98 Å². The highest BCUT2D eigenvalue weighted by molar-refractivity contribution is 7.15. The molecule has 8 heteroatoms. The van der Waals surface area contributed by atoms with Crippen molar-refractivity contribution in [1.29, 1.82) is 0 Å². The van der Waals surface area contributed by atoms with Gasteiger partial charge in [0.05, 0.1) is 7.11 Å². The Morgan fingerprint density at radius 3 is 2.71 bits per heavy atom. The molecule has 0 saturated heterocycles. The Bertz CT molecular complexity index is 972. The largest absolute Gasteiger partial charge is 0.482 e. The SMILES string of the molecule is COC(=O)COc1cccc(C(=O)Nc2ncc(Cc3ccc(F)cc3)s2)c1. The maximum absolute atomic E-state index is 13.0. The van der Waals surface area contributed by atoms with Crippen LogP contribution in [0.25, 0.3) is 0 Å². The first-order chi connectivity index (χ1) is 13.5. The lowest BCUT2D eigenvalue weighted by molar-refractivity contribution is -0.142. The number of methoxy groups -OCH3 is 1. The van der Waals surface area contributed by atoms with Gasteiger partial charge in [-0.3, -0.25) is 10.1 Å². The van der Waals surface area contributed by atoms with Crippen molar-refractivity contribution in [2.75, 3.05) is 19.0 Å². The lowest BCUT2D eigenvalue weighted by Crippen LogP contribution is -2.14. The van der Waals surface area contributed by atoms with E-state index in [9.17, 15) is 14.0 Å². The molecule has 0 saturated carbocycles. The van der Waals surface area contributed by atoms with Gasteiger partial charge in [0, 0.05) is 23.1 Å². The van der Waals surface area contributed by atoms with Crippen molar-refractivity contribution in [2.45, 2.75) is 6.42 Å². The molecular formula is C20H17FN2O4S. The van der Waals surface area contributed by atoms with Gasteiger partial charge >= 0.3 is 5.97 Å². The molecule has 0 bridgehead atoms. The summed E-state index contributed by atoms with van der Waals surface area (Å²) in [6.45, 7) is -0.235. The minimum atomic E-state index is -0.508. The lowest BCUT2D eigenvalue weighted by Gasteiger charge is -2.07. The third-order valence-corrected chi connectivity index (χ3v) is 4.66. The minimum Gasteiger partial charge on any atom is -0.482 e. The maximum atomic E-state index is 13.0. The van der Waals surface area contributed by atoms with E-state index in [4.69, 9.17) is 4.74 Å². The summed E-state index contributed by atoms with van der Waals surface area (Å²) in [5.41, 5.74) is 1.33. The highest BCUT2D eigenvalue weighted by Gasteiger charge is 2.11. The highest BCUT2D eigenvalue weighted by atomic mass is 32.1. The van der Waals surface area contributed by atoms with Crippen LogP contribution in [0.5, 0.6) is 5.75 Å². The monoisotopic (exact) mass is 400 g/mol. The van der Waals surface area contributed by atoms with Crippen molar-refractivity contribution in [3.8, 4) is 5.75 Å². The summed E-state index contributed by atoms with van der Waals surface area (Å²) in [5, 5.41) is 3.20. The zero-order valence-electron chi connectivity index (χ0n) is 15.0. The van der Waals surface area contributed by atoms with Crippen LogP contribution in [0.4, 0.5) is 9.52 Å². The molecule has 0 spiro atoms. The molecule has 0 radical (unpaired) electrons. The van der Waals surface area contributed by atoms with Crippen LogP contribution in [0.1, 0.15) is 20.8 Å². The Balaban J connectivity index is 1.61. The number of halogens is 1. The summed E-state index contributed by atoms with van der Waals surface area (Å²) in [6, 6.07) is 12.7. The Hall–Kier alpha value is -3.26. The van der Waals surface area contributed by atoms with Gasteiger partial charge in [-0.1, -0.05) is 18.2 Å². The van der Waals surface area contributed by atoms with E-state index in [1.165, 1.54) is 36.6 Å². The number of amides is 1. The van der Waals surface area contributed by atoms with Crippen LogP contribution in [0, 0.1) is 5.82 Å². The van der Waals surface area contributed by atoms with Crippen molar-refractivity contribution in [3.05, 3.63) is 76.5 Å². The number of aromatic nitrogens is 1. The number of nitrogens with one attached hydrogen (secondary N) is 1. The molecular weight excluding hydrogens is 383 g/mol. The molecule has 28 heavy (non-hydrogen) atoms. The fraction of sp³-hybridized carbons (Fsp3) is 0.150. The van der Waals surface area contributed by atoms with E-state index >= 15 is 0 Å². The van der Waals surface area contributed by atoms with Gasteiger partial charge < -0.3 is 9.47 Å². The van der Waals surface area contributed by atoms with E-state index in [0.29, 0.717) is 22.9 Å². The van der Waals surface area contributed by atoms with Crippen LogP contribution in [0.15, 0.2) is 54.7 Å². The van der Waals surface area contributed by atoms with Crippen molar-refractivity contribution < 1.29 is 23.5 Å². The molecule has 6 nitrogen and oxygen atoms in total. The maximum Gasteiger partial charge on any atom is 0.343 e. The number of carbonyl (C=O) groups excluding carboxylic acids is 2. The van der Waals surface area contributed by atoms with E-state index in [2.05, 4.69) is 15.0 Å². The van der Waals surface area contributed by atoms with Crippen LogP contribution < -0.4 is 10.1 Å². The van der Waals surface area contributed by atoms with Crippen LogP contribution in [-0.2, 0) is 16.0 Å². The number of nitrogens with zero attached hydrogens (tertiary/aromatic N) is 1. The summed E-state index contributed by atoms with van der Waals surface area (Å²) in [7, 11) is 1.27. The number of ether oxygens (including phenoxy) is 2. The van der Waals surface area contributed by atoms with Crippen LogP contribution >= 0.6 is 11.3 Å². The average molecular weight is 400 g/mol. The molecule has 0 aliphatic carbocycles. The first-order valence-electron chi connectivity index (χ1n) is 8.33. The van der Waals surface area contributed by atoms with E-state index in [1.54, 1.807) is 36.5 Å². The highest BCUT2D eigenvalue weighted by Crippen LogP contribution is 2.22.